The fourth-order valence-electron chi connectivity index (χ4n) is 2.84. The van der Waals surface area contributed by atoms with Gasteiger partial charge < -0.3 is 10.1 Å². The van der Waals surface area contributed by atoms with Crippen LogP contribution in [0.4, 0.5) is 5.69 Å². The normalized spacial score (nSPS) is 11.0. The molecule has 3 rings (SSSR count). The van der Waals surface area contributed by atoms with Crippen molar-refractivity contribution in [2.75, 3.05) is 24.8 Å². The van der Waals surface area contributed by atoms with Gasteiger partial charge in [0.2, 0.25) is 5.91 Å². The smallest absolute Gasteiger partial charge is 0.263 e. The van der Waals surface area contributed by atoms with Crippen molar-refractivity contribution in [3.05, 3.63) is 58.0 Å². The van der Waals surface area contributed by atoms with Crippen LogP contribution < -0.4 is 10.9 Å². The third kappa shape index (κ3) is 4.40. The third-order valence-electron chi connectivity index (χ3n) is 4.29. The molecule has 0 fully saturated rings. The van der Waals surface area contributed by atoms with E-state index in [4.69, 9.17) is 4.74 Å². The van der Waals surface area contributed by atoms with Crippen LogP contribution in [0.5, 0.6) is 0 Å². The van der Waals surface area contributed by atoms with E-state index in [9.17, 15) is 9.59 Å². The molecular weight excluding hydrogens is 376 g/mol. The number of carbonyl (C=O) groups is 1. The zero-order chi connectivity index (χ0) is 20.1. The van der Waals surface area contributed by atoms with Gasteiger partial charge in [-0.05, 0) is 37.1 Å². The number of aryl methyl sites for hydroxylation is 2. The number of ether oxygens (including phenoxy) is 1. The summed E-state index contributed by atoms with van der Waals surface area (Å²) in [6, 6.07) is 9.26. The molecule has 7 nitrogen and oxygen atoms in total. The van der Waals surface area contributed by atoms with Crippen molar-refractivity contribution in [2.45, 2.75) is 25.5 Å². The van der Waals surface area contributed by atoms with Crippen LogP contribution in [0.15, 0.2) is 46.5 Å². The Morgan fingerprint density at radius 2 is 1.96 bits per heavy atom. The summed E-state index contributed by atoms with van der Waals surface area (Å²) in [4.78, 5) is 33.9. The van der Waals surface area contributed by atoms with Crippen molar-refractivity contribution >= 4 is 34.4 Å². The number of anilines is 1. The number of thioether (sulfide) groups is 1. The molecule has 2 heterocycles. The molecule has 1 aromatic carbocycles. The minimum absolute atomic E-state index is 0.130. The van der Waals surface area contributed by atoms with E-state index in [0.717, 1.165) is 16.8 Å². The highest BCUT2D eigenvalue weighted by Gasteiger charge is 2.14. The summed E-state index contributed by atoms with van der Waals surface area (Å²) in [5, 5.41) is 3.84. The second-order valence-corrected chi connectivity index (χ2v) is 7.26. The Morgan fingerprint density at radius 3 is 2.68 bits per heavy atom. The summed E-state index contributed by atoms with van der Waals surface area (Å²) in [5.41, 5.74) is 3.01. The average molecular weight is 398 g/mol. The van der Waals surface area contributed by atoms with Crippen LogP contribution in [0.1, 0.15) is 11.1 Å². The number of nitrogens with zero attached hydrogens (tertiary/aromatic N) is 3. The van der Waals surface area contributed by atoms with Crippen LogP contribution in [0.25, 0.3) is 11.0 Å². The topological polar surface area (TPSA) is 86.1 Å². The number of pyridine rings is 1. The molecule has 2 aromatic heterocycles. The van der Waals surface area contributed by atoms with Gasteiger partial charge in [0.15, 0.2) is 10.8 Å². The Balaban J connectivity index is 1.83. The van der Waals surface area contributed by atoms with E-state index in [1.54, 1.807) is 25.4 Å². The maximum Gasteiger partial charge on any atom is 0.263 e. The van der Waals surface area contributed by atoms with Crippen LogP contribution in [-0.4, -0.2) is 39.9 Å². The van der Waals surface area contributed by atoms with E-state index in [1.165, 1.54) is 16.3 Å². The summed E-state index contributed by atoms with van der Waals surface area (Å²) in [6.45, 7) is 4.63. The zero-order valence-corrected chi connectivity index (χ0v) is 16.9. The number of hydrogen-bond acceptors (Lipinski definition) is 6. The highest BCUT2D eigenvalue weighted by atomic mass is 32.2. The predicted octanol–water partition coefficient (Wildman–Crippen LogP) is 2.79. The fourth-order valence-corrected chi connectivity index (χ4v) is 3.66. The van der Waals surface area contributed by atoms with Gasteiger partial charge in [0, 0.05) is 19.0 Å². The number of hydrogen-bond donors (Lipinski definition) is 1. The molecule has 0 radical (unpaired) electrons. The SMILES string of the molecule is COCCn1c(SCC(=O)Nc2c(C)cccc2C)nc2ncccc2c1=O. The molecule has 0 aliphatic rings. The van der Waals surface area contributed by atoms with Gasteiger partial charge >= 0.3 is 0 Å². The van der Waals surface area contributed by atoms with Crippen molar-refractivity contribution in [3.8, 4) is 0 Å². The van der Waals surface area contributed by atoms with Gasteiger partial charge in [-0.25, -0.2) is 9.97 Å². The third-order valence-corrected chi connectivity index (χ3v) is 5.27. The number of aromatic nitrogens is 3. The van der Waals surface area contributed by atoms with Crippen molar-refractivity contribution in [1.82, 2.24) is 14.5 Å². The first-order valence-corrected chi connectivity index (χ1v) is 9.83. The molecule has 0 saturated carbocycles. The first-order chi connectivity index (χ1) is 13.5. The molecule has 3 aromatic rings. The molecular formula is C20H22N4O3S. The maximum atomic E-state index is 12.8. The molecule has 0 aliphatic heterocycles. The van der Waals surface area contributed by atoms with Gasteiger partial charge in [-0.3, -0.25) is 14.2 Å². The van der Waals surface area contributed by atoms with E-state index >= 15 is 0 Å². The first kappa shape index (κ1) is 20.0. The molecule has 28 heavy (non-hydrogen) atoms. The van der Waals surface area contributed by atoms with Crippen molar-refractivity contribution in [1.29, 1.82) is 0 Å². The van der Waals surface area contributed by atoms with E-state index in [1.807, 2.05) is 32.0 Å². The number of carbonyl (C=O) groups excluding carboxylic acids is 1. The maximum absolute atomic E-state index is 12.8. The van der Waals surface area contributed by atoms with Crippen molar-refractivity contribution < 1.29 is 9.53 Å². The van der Waals surface area contributed by atoms with E-state index in [2.05, 4.69) is 15.3 Å². The predicted molar refractivity (Wildman–Crippen MR) is 111 cm³/mol. The summed E-state index contributed by atoms with van der Waals surface area (Å²) in [7, 11) is 1.58. The Kier molecular flexibility index (Phi) is 6.43. The molecule has 146 valence electrons. The number of fused-ring (bicyclic) bond motifs is 1. The lowest BCUT2D eigenvalue weighted by Gasteiger charge is -2.13. The highest BCUT2D eigenvalue weighted by molar-refractivity contribution is 7.99. The molecule has 0 aliphatic carbocycles. The summed E-state index contributed by atoms with van der Waals surface area (Å²) >= 11 is 1.21. The van der Waals surface area contributed by atoms with Crippen molar-refractivity contribution in [2.24, 2.45) is 0 Å². The number of benzene rings is 1. The Morgan fingerprint density at radius 1 is 1.21 bits per heavy atom. The van der Waals surface area contributed by atoms with E-state index in [0.29, 0.717) is 29.3 Å². The quantitative estimate of drug-likeness (QED) is 0.487. The van der Waals surface area contributed by atoms with Gasteiger partial charge in [0.05, 0.1) is 24.3 Å². The van der Waals surface area contributed by atoms with Crippen LogP contribution in [-0.2, 0) is 16.1 Å². The molecule has 1 amide bonds. The van der Waals surface area contributed by atoms with Gasteiger partial charge in [0.1, 0.15) is 0 Å². The lowest BCUT2D eigenvalue weighted by atomic mass is 10.1. The largest absolute Gasteiger partial charge is 0.383 e. The zero-order valence-electron chi connectivity index (χ0n) is 16.1. The van der Waals surface area contributed by atoms with Gasteiger partial charge in [0.25, 0.3) is 5.56 Å². The van der Waals surface area contributed by atoms with E-state index in [-0.39, 0.29) is 17.2 Å². The molecule has 0 saturated heterocycles. The number of rotatable bonds is 7. The summed E-state index contributed by atoms with van der Waals surface area (Å²) in [6.07, 6.45) is 1.59. The Labute approximate surface area is 167 Å². The monoisotopic (exact) mass is 398 g/mol. The Hall–Kier alpha value is -2.71. The first-order valence-electron chi connectivity index (χ1n) is 8.84. The molecule has 0 unspecified atom stereocenters. The number of methoxy groups -OCH3 is 1. The minimum atomic E-state index is -0.187. The highest BCUT2D eigenvalue weighted by Crippen LogP contribution is 2.21. The van der Waals surface area contributed by atoms with Crippen LogP contribution in [0, 0.1) is 13.8 Å². The van der Waals surface area contributed by atoms with Gasteiger partial charge in [-0.1, -0.05) is 30.0 Å². The minimum Gasteiger partial charge on any atom is -0.383 e. The average Bonchev–Trinajstić information content (AvgIpc) is 2.69. The van der Waals surface area contributed by atoms with Crippen molar-refractivity contribution in [3.63, 3.8) is 0 Å². The van der Waals surface area contributed by atoms with Gasteiger partial charge in [-0.15, -0.1) is 0 Å². The summed E-state index contributed by atoms with van der Waals surface area (Å²) < 4.78 is 6.64. The van der Waals surface area contributed by atoms with Crippen LogP contribution in [0.3, 0.4) is 0 Å². The standard InChI is InChI=1S/C20H22N4O3S/c1-13-6-4-7-14(2)17(13)22-16(25)12-28-20-23-18-15(8-5-9-21-18)19(26)24(20)10-11-27-3/h4-9H,10-12H2,1-3H3,(H,22,25). The number of para-hydroxylation sites is 1. The molecule has 0 atom stereocenters. The molecule has 1 N–H and O–H groups in total. The molecule has 0 spiro atoms. The van der Waals surface area contributed by atoms with Crippen LogP contribution in [0.2, 0.25) is 0 Å². The van der Waals surface area contributed by atoms with Crippen LogP contribution >= 0.6 is 11.8 Å². The second kappa shape index (κ2) is 8.99. The second-order valence-electron chi connectivity index (χ2n) is 6.32. The van der Waals surface area contributed by atoms with Gasteiger partial charge in [-0.2, -0.15) is 0 Å². The molecule has 0 bridgehead atoms. The van der Waals surface area contributed by atoms with E-state index < -0.39 is 0 Å². The Bertz CT molecular complexity index is 1040. The number of nitrogens with one attached hydrogen (secondary N) is 1. The fraction of sp³-hybridized carbons (Fsp3) is 0.300. The molecule has 8 heteroatoms. The number of amides is 1. The lowest BCUT2D eigenvalue weighted by molar-refractivity contribution is -0.113. The summed E-state index contributed by atoms with van der Waals surface area (Å²) in [5.74, 6) is -0.0259. The lowest BCUT2D eigenvalue weighted by Crippen LogP contribution is -2.26.